The molecule has 0 saturated heterocycles. The van der Waals surface area contributed by atoms with E-state index in [1.165, 1.54) is 5.56 Å². The SMILES string of the molecule is Cc1ccc(C(Cl)CCl)cc1. The first kappa shape index (κ1) is 8.89. The summed E-state index contributed by atoms with van der Waals surface area (Å²) in [5, 5.41) is -0.0581. The number of benzene rings is 1. The van der Waals surface area contributed by atoms with E-state index in [-0.39, 0.29) is 5.38 Å². The molecule has 1 atom stereocenters. The Morgan fingerprint density at radius 2 is 1.82 bits per heavy atom. The third-order valence-electron chi connectivity index (χ3n) is 1.57. The highest BCUT2D eigenvalue weighted by atomic mass is 35.5. The standard InChI is InChI=1S/C9H10Cl2/c1-7-2-4-8(5-3-7)9(11)6-10/h2-5,9H,6H2,1H3. The average Bonchev–Trinajstić information content (AvgIpc) is 2.05. The van der Waals surface area contributed by atoms with Crippen molar-refractivity contribution in [1.82, 2.24) is 0 Å². The molecule has 1 rings (SSSR count). The Morgan fingerprint density at radius 3 is 2.27 bits per heavy atom. The third kappa shape index (κ3) is 2.39. The molecule has 0 bridgehead atoms. The van der Waals surface area contributed by atoms with E-state index in [2.05, 4.69) is 0 Å². The summed E-state index contributed by atoms with van der Waals surface area (Å²) < 4.78 is 0. The van der Waals surface area contributed by atoms with Crippen LogP contribution in [0.1, 0.15) is 16.5 Å². The molecule has 0 saturated carbocycles. The lowest BCUT2D eigenvalue weighted by molar-refractivity contribution is 1.09. The molecule has 0 aliphatic rings. The van der Waals surface area contributed by atoms with Gasteiger partial charge in [0.25, 0.3) is 0 Å². The van der Waals surface area contributed by atoms with Crippen molar-refractivity contribution in [2.75, 3.05) is 5.88 Å². The molecule has 0 radical (unpaired) electrons. The Labute approximate surface area is 77.1 Å². The number of halogens is 2. The molecule has 1 unspecified atom stereocenters. The van der Waals surface area contributed by atoms with Gasteiger partial charge in [-0.05, 0) is 12.5 Å². The van der Waals surface area contributed by atoms with Gasteiger partial charge < -0.3 is 0 Å². The van der Waals surface area contributed by atoms with Gasteiger partial charge in [0.15, 0.2) is 0 Å². The van der Waals surface area contributed by atoms with Crippen molar-refractivity contribution in [2.45, 2.75) is 12.3 Å². The fourth-order valence-electron chi connectivity index (χ4n) is 0.864. The highest BCUT2D eigenvalue weighted by Crippen LogP contribution is 2.21. The van der Waals surface area contributed by atoms with Crippen LogP contribution in [0.5, 0.6) is 0 Å². The maximum absolute atomic E-state index is 5.91. The minimum Gasteiger partial charge on any atom is -0.125 e. The Kier molecular flexibility index (Phi) is 3.22. The summed E-state index contributed by atoms with van der Waals surface area (Å²) in [5.41, 5.74) is 2.33. The summed E-state index contributed by atoms with van der Waals surface area (Å²) in [4.78, 5) is 0. The lowest BCUT2D eigenvalue weighted by atomic mass is 10.1. The van der Waals surface area contributed by atoms with E-state index in [4.69, 9.17) is 23.2 Å². The molecule has 60 valence electrons. The van der Waals surface area contributed by atoms with E-state index in [1.807, 2.05) is 31.2 Å². The van der Waals surface area contributed by atoms with E-state index < -0.39 is 0 Å². The second-order valence-corrected chi connectivity index (χ2v) is 3.37. The van der Waals surface area contributed by atoms with Gasteiger partial charge in [0, 0.05) is 5.88 Å². The normalized spacial score (nSPS) is 13.0. The van der Waals surface area contributed by atoms with Crippen molar-refractivity contribution in [3.63, 3.8) is 0 Å². The molecule has 0 aromatic heterocycles. The first-order chi connectivity index (χ1) is 5.24. The maximum atomic E-state index is 5.91. The molecular formula is C9H10Cl2. The zero-order chi connectivity index (χ0) is 8.27. The number of hydrogen-bond acceptors (Lipinski definition) is 0. The number of rotatable bonds is 2. The lowest BCUT2D eigenvalue weighted by Gasteiger charge is -2.04. The zero-order valence-electron chi connectivity index (χ0n) is 6.35. The number of alkyl halides is 2. The van der Waals surface area contributed by atoms with Gasteiger partial charge in [-0.25, -0.2) is 0 Å². The fourth-order valence-corrected chi connectivity index (χ4v) is 1.19. The van der Waals surface area contributed by atoms with Crippen molar-refractivity contribution in [2.24, 2.45) is 0 Å². The van der Waals surface area contributed by atoms with Crippen molar-refractivity contribution < 1.29 is 0 Å². The summed E-state index contributed by atoms with van der Waals surface area (Å²) in [6, 6.07) is 8.10. The summed E-state index contributed by atoms with van der Waals surface area (Å²) in [6.07, 6.45) is 0. The topological polar surface area (TPSA) is 0 Å². The van der Waals surface area contributed by atoms with Crippen LogP contribution in [0.2, 0.25) is 0 Å². The molecule has 1 aromatic carbocycles. The first-order valence-electron chi connectivity index (χ1n) is 3.50. The summed E-state index contributed by atoms with van der Waals surface area (Å²) in [6.45, 7) is 2.05. The fraction of sp³-hybridized carbons (Fsp3) is 0.333. The lowest BCUT2D eigenvalue weighted by Crippen LogP contribution is -1.90. The predicted molar refractivity (Wildman–Crippen MR) is 50.5 cm³/mol. The van der Waals surface area contributed by atoms with Gasteiger partial charge in [0.05, 0.1) is 5.38 Å². The molecule has 2 heteroatoms. The molecule has 11 heavy (non-hydrogen) atoms. The highest BCUT2D eigenvalue weighted by molar-refractivity contribution is 6.28. The molecule has 0 nitrogen and oxygen atoms in total. The van der Waals surface area contributed by atoms with Crippen LogP contribution >= 0.6 is 23.2 Å². The van der Waals surface area contributed by atoms with Crippen molar-refractivity contribution in [3.05, 3.63) is 35.4 Å². The second kappa shape index (κ2) is 3.99. The van der Waals surface area contributed by atoms with Crippen LogP contribution in [0.3, 0.4) is 0 Å². The molecule has 0 aliphatic heterocycles. The maximum Gasteiger partial charge on any atom is 0.0720 e. The molecule has 0 N–H and O–H groups in total. The minimum absolute atomic E-state index is 0.0581. The first-order valence-corrected chi connectivity index (χ1v) is 4.47. The Bertz CT molecular complexity index is 216. The van der Waals surface area contributed by atoms with Crippen LogP contribution in [0, 0.1) is 6.92 Å². The van der Waals surface area contributed by atoms with E-state index >= 15 is 0 Å². The molecule has 0 spiro atoms. The number of aryl methyl sites for hydroxylation is 1. The average molecular weight is 189 g/mol. The molecule has 0 fully saturated rings. The second-order valence-electron chi connectivity index (χ2n) is 2.53. The van der Waals surface area contributed by atoms with Crippen LogP contribution in [0.4, 0.5) is 0 Å². The van der Waals surface area contributed by atoms with Gasteiger partial charge >= 0.3 is 0 Å². The smallest absolute Gasteiger partial charge is 0.0720 e. The van der Waals surface area contributed by atoms with Crippen molar-refractivity contribution >= 4 is 23.2 Å². The predicted octanol–water partition coefficient (Wildman–Crippen LogP) is 3.51. The van der Waals surface area contributed by atoms with Gasteiger partial charge in [0.1, 0.15) is 0 Å². The van der Waals surface area contributed by atoms with Gasteiger partial charge in [-0.2, -0.15) is 0 Å². The number of hydrogen-bond donors (Lipinski definition) is 0. The van der Waals surface area contributed by atoms with Crippen LogP contribution in [0.15, 0.2) is 24.3 Å². The molecule has 0 heterocycles. The Balaban J connectivity index is 2.81. The molecule has 1 aromatic rings. The quantitative estimate of drug-likeness (QED) is 0.624. The van der Waals surface area contributed by atoms with Gasteiger partial charge in [-0.3, -0.25) is 0 Å². The largest absolute Gasteiger partial charge is 0.125 e. The van der Waals surface area contributed by atoms with E-state index in [1.54, 1.807) is 0 Å². The Hall–Kier alpha value is -0.200. The minimum atomic E-state index is -0.0581. The van der Waals surface area contributed by atoms with Gasteiger partial charge in [0.2, 0.25) is 0 Å². The van der Waals surface area contributed by atoms with Crippen LogP contribution < -0.4 is 0 Å². The zero-order valence-corrected chi connectivity index (χ0v) is 7.86. The third-order valence-corrected chi connectivity index (χ3v) is 2.45. The van der Waals surface area contributed by atoms with Crippen LogP contribution in [0.25, 0.3) is 0 Å². The van der Waals surface area contributed by atoms with Crippen molar-refractivity contribution in [3.8, 4) is 0 Å². The molecule has 0 aliphatic carbocycles. The van der Waals surface area contributed by atoms with Crippen molar-refractivity contribution in [1.29, 1.82) is 0 Å². The monoisotopic (exact) mass is 188 g/mol. The van der Waals surface area contributed by atoms with E-state index in [0.29, 0.717) is 5.88 Å². The van der Waals surface area contributed by atoms with E-state index in [9.17, 15) is 0 Å². The van der Waals surface area contributed by atoms with E-state index in [0.717, 1.165) is 5.56 Å². The summed E-state index contributed by atoms with van der Waals surface area (Å²) in [5.74, 6) is 0.463. The molecular weight excluding hydrogens is 179 g/mol. The van der Waals surface area contributed by atoms with Gasteiger partial charge in [-0.1, -0.05) is 29.8 Å². The van der Waals surface area contributed by atoms with Gasteiger partial charge in [-0.15, -0.1) is 23.2 Å². The summed E-state index contributed by atoms with van der Waals surface area (Å²) >= 11 is 11.5. The van der Waals surface area contributed by atoms with Crippen LogP contribution in [-0.2, 0) is 0 Å². The van der Waals surface area contributed by atoms with Crippen LogP contribution in [-0.4, -0.2) is 5.88 Å². The summed E-state index contributed by atoms with van der Waals surface area (Å²) in [7, 11) is 0. The molecule has 0 amide bonds. The Morgan fingerprint density at radius 1 is 1.27 bits per heavy atom. The highest BCUT2D eigenvalue weighted by Gasteiger charge is 2.03.